The van der Waals surface area contributed by atoms with Gasteiger partial charge in [0.05, 0.1) is 5.69 Å². The quantitative estimate of drug-likeness (QED) is 0.261. The van der Waals surface area contributed by atoms with Crippen molar-refractivity contribution in [2.75, 3.05) is 10.6 Å². The number of anilines is 3. The number of aryl methyl sites for hydroxylation is 1. The number of nitrogens with one attached hydrogen (secondary N) is 2. The van der Waals surface area contributed by atoms with Crippen LogP contribution in [0.25, 0.3) is 11.3 Å². The molecule has 176 valence electrons. The van der Waals surface area contributed by atoms with Crippen molar-refractivity contribution in [1.82, 2.24) is 9.97 Å². The maximum absolute atomic E-state index is 12.9. The predicted molar refractivity (Wildman–Crippen MR) is 143 cm³/mol. The Labute approximate surface area is 209 Å². The van der Waals surface area contributed by atoms with Crippen molar-refractivity contribution in [3.8, 4) is 22.8 Å². The van der Waals surface area contributed by atoms with Crippen LogP contribution in [0.2, 0.25) is 0 Å². The van der Waals surface area contributed by atoms with Crippen LogP contribution >= 0.6 is 0 Å². The summed E-state index contributed by atoms with van der Waals surface area (Å²) in [6, 6.07) is 35.9. The van der Waals surface area contributed by atoms with E-state index in [1.54, 1.807) is 18.2 Å². The number of para-hydroxylation sites is 1. The minimum absolute atomic E-state index is 0.227. The molecule has 0 saturated heterocycles. The molecule has 0 aliphatic heterocycles. The minimum Gasteiger partial charge on any atom is -0.457 e. The number of hydrogen-bond donors (Lipinski definition) is 2. The van der Waals surface area contributed by atoms with Gasteiger partial charge in [-0.2, -0.15) is 0 Å². The van der Waals surface area contributed by atoms with Crippen molar-refractivity contribution >= 4 is 23.1 Å². The Morgan fingerprint density at radius 2 is 1.39 bits per heavy atom. The number of rotatable bonds is 7. The zero-order chi connectivity index (χ0) is 24.7. The first-order valence-electron chi connectivity index (χ1n) is 11.5. The summed E-state index contributed by atoms with van der Waals surface area (Å²) >= 11 is 0. The van der Waals surface area contributed by atoms with E-state index >= 15 is 0 Å². The van der Waals surface area contributed by atoms with Gasteiger partial charge in [-0.3, -0.25) is 4.79 Å². The van der Waals surface area contributed by atoms with Crippen LogP contribution in [-0.2, 0) is 0 Å². The van der Waals surface area contributed by atoms with Crippen LogP contribution in [0.4, 0.5) is 17.2 Å². The van der Waals surface area contributed by atoms with Crippen LogP contribution in [0.1, 0.15) is 16.2 Å². The molecule has 0 saturated carbocycles. The Morgan fingerprint density at radius 3 is 2.19 bits per heavy atom. The minimum atomic E-state index is -0.227. The zero-order valence-electron chi connectivity index (χ0n) is 19.7. The van der Waals surface area contributed by atoms with Gasteiger partial charge in [-0.25, -0.2) is 9.97 Å². The standard InChI is InChI=1S/C30H24N4O2/c1-21-31-28(22-10-4-2-5-11-22)20-29(32-21)33-24-13-9-14-25(19-24)34-30(35)23-12-8-17-27(18-23)36-26-15-6-3-7-16-26/h2-20H,1H3,(H,34,35)(H,31,32,33). The third-order valence-corrected chi connectivity index (χ3v) is 5.38. The third-order valence-electron chi connectivity index (χ3n) is 5.38. The maximum atomic E-state index is 12.9. The van der Waals surface area contributed by atoms with Gasteiger partial charge < -0.3 is 15.4 Å². The van der Waals surface area contributed by atoms with Crippen LogP contribution < -0.4 is 15.4 Å². The number of aromatic nitrogens is 2. The topological polar surface area (TPSA) is 76.1 Å². The number of ether oxygens (including phenoxy) is 1. The number of carbonyl (C=O) groups is 1. The Balaban J connectivity index is 1.30. The van der Waals surface area contributed by atoms with E-state index in [1.165, 1.54) is 0 Å². The molecule has 0 atom stereocenters. The highest BCUT2D eigenvalue weighted by Crippen LogP contribution is 2.25. The van der Waals surface area contributed by atoms with Crippen molar-refractivity contribution < 1.29 is 9.53 Å². The van der Waals surface area contributed by atoms with E-state index in [-0.39, 0.29) is 5.91 Å². The van der Waals surface area contributed by atoms with Gasteiger partial charge in [-0.05, 0) is 55.5 Å². The van der Waals surface area contributed by atoms with Crippen LogP contribution in [0, 0.1) is 6.92 Å². The van der Waals surface area contributed by atoms with Gasteiger partial charge in [0.1, 0.15) is 23.1 Å². The van der Waals surface area contributed by atoms with Gasteiger partial charge in [0.2, 0.25) is 0 Å². The Kier molecular flexibility index (Phi) is 6.67. The van der Waals surface area contributed by atoms with Crippen molar-refractivity contribution in [3.05, 3.63) is 127 Å². The number of amides is 1. The predicted octanol–water partition coefficient (Wildman–Crippen LogP) is 7.24. The molecule has 1 heterocycles. The van der Waals surface area contributed by atoms with Gasteiger partial charge in [0.25, 0.3) is 5.91 Å². The molecule has 0 aliphatic carbocycles. The van der Waals surface area contributed by atoms with Crippen molar-refractivity contribution in [1.29, 1.82) is 0 Å². The summed E-state index contributed by atoms with van der Waals surface area (Å²) in [6.45, 7) is 1.86. The molecule has 5 aromatic rings. The normalized spacial score (nSPS) is 10.5. The van der Waals surface area contributed by atoms with E-state index in [0.29, 0.717) is 34.4 Å². The fourth-order valence-electron chi connectivity index (χ4n) is 3.74. The molecule has 1 amide bonds. The molecule has 6 nitrogen and oxygen atoms in total. The molecule has 1 aromatic heterocycles. The van der Waals surface area contributed by atoms with E-state index in [4.69, 9.17) is 4.74 Å². The molecule has 0 aliphatic rings. The van der Waals surface area contributed by atoms with E-state index in [1.807, 2.05) is 104 Å². The summed E-state index contributed by atoms with van der Waals surface area (Å²) in [6.07, 6.45) is 0. The lowest BCUT2D eigenvalue weighted by molar-refractivity contribution is 0.102. The Hall–Kier alpha value is -4.97. The molecule has 4 aromatic carbocycles. The zero-order valence-corrected chi connectivity index (χ0v) is 19.7. The maximum Gasteiger partial charge on any atom is 0.255 e. The second kappa shape index (κ2) is 10.5. The second-order valence-electron chi connectivity index (χ2n) is 8.15. The first-order chi connectivity index (χ1) is 17.6. The highest BCUT2D eigenvalue weighted by molar-refractivity contribution is 6.04. The van der Waals surface area contributed by atoms with Gasteiger partial charge in [-0.1, -0.05) is 60.7 Å². The van der Waals surface area contributed by atoms with Crippen LogP contribution in [0.15, 0.2) is 115 Å². The summed E-state index contributed by atoms with van der Waals surface area (Å²) in [4.78, 5) is 22.0. The molecule has 0 spiro atoms. The number of nitrogens with zero attached hydrogens (tertiary/aromatic N) is 2. The van der Waals surface area contributed by atoms with Crippen LogP contribution in [0.3, 0.4) is 0 Å². The van der Waals surface area contributed by atoms with Gasteiger partial charge in [-0.15, -0.1) is 0 Å². The highest BCUT2D eigenvalue weighted by Gasteiger charge is 2.10. The monoisotopic (exact) mass is 472 g/mol. The summed E-state index contributed by atoms with van der Waals surface area (Å²) in [5.74, 6) is 2.42. The van der Waals surface area contributed by atoms with Crippen LogP contribution in [-0.4, -0.2) is 15.9 Å². The van der Waals surface area contributed by atoms with E-state index in [9.17, 15) is 4.79 Å². The first kappa shape index (κ1) is 22.8. The van der Waals surface area contributed by atoms with E-state index < -0.39 is 0 Å². The molecule has 36 heavy (non-hydrogen) atoms. The lowest BCUT2D eigenvalue weighted by atomic mass is 10.1. The number of carbonyl (C=O) groups excluding carboxylic acids is 1. The summed E-state index contributed by atoms with van der Waals surface area (Å²) < 4.78 is 5.85. The molecule has 5 rings (SSSR count). The fourth-order valence-corrected chi connectivity index (χ4v) is 3.74. The molecule has 0 radical (unpaired) electrons. The highest BCUT2D eigenvalue weighted by atomic mass is 16.5. The molecule has 6 heteroatoms. The summed E-state index contributed by atoms with van der Waals surface area (Å²) in [5, 5.41) is 6.28. The molecule has 2 N–H and O–H groups in total. The van der Waals surface area contributed by atoms with Gasteiger partial charge >= 0.3 is 0 Å². The van der Waals surface area contributed by atoms with Crippen molar-refractivity contribution in [2.45, 2.75) is 6.92 Å². The van der Waals surface area contributed by atoms with Crippen LogP contribution in [0.5, 0.6) is 11.5 Å². The second-order valence-corrected chi connectivity index (χ2v) is 8.15. The molecule has 0 unspecified atom stereocenters. The number of hydrogen-bond acceptors (Lipinski definition) is 5. The van der Waals surface area contributed by atoms with E-state index in [2.05, 4.69) is 20.6 Å². The Morgan fingerprint density at radius 1 is 0.694 bits per heavy atom. The lowest BCUT2D eigenvalue weighted by Gasteiger charge is -2.11. The summed E-state index contributed by atoms with van der Waals surface area (Å²) in [7, 11) is 0. The average molecular weight is 473 g/mol. The van der Waals surface area contributed by atoms with Crippen molar-refractivity contribution in [2.24, 2.45) is 0 Å². The van der Waals surface area contributed by atoms with Crippen molar-refractivity contribution in [3.63, 3.8) is 0 Å². The molecule has 0 fully saturated rings. The smallest absolute Gasteiger partial charge is 0.255 e. The third kappa shape index (κ3) is 5.74. The molecular weight excluding hydrogens is 448 g/mol. The first-order valence-corrected chi connectivity index (χ1v) is 11.5. The average Bonchev–Trinajstić information content (AvgIpc) is 2.90. The fraction of sp³-hybridized carbons (Fsp3) is 0.0333. The largest absolute Gasteiger partial charge is 0.457 e. The number of benzene rings is 4. The summed E-state index contributed by atoms with van der Waals surface area (Å²) in [5.41, 5.74) is 3.82. The molecular formula is C30H24N4O2. The van der Waals surface area contributed by atoms with E-state index in [0.717, 1.165) is 16.9 Å². The van der Waals surface area contributed by atoms with Gasteiger partial charge in [0, 0.05) is 28.6 Å². The molecule has 0 bridgehead atoms. The Bertz CT molecular complexity index is 1490. The lowest BCUT2D eigenvalue weighted by Crippen LogP contribution is -2.12. The SMILES string of the molecule is Cc1nc(Nc2cccc(NC(=O)c3cccc(Oc4ccccc4)c3)c2)cc(-c2ccccc2)n1. The van der Waals surface area contributed by atoms with Gasteiger partial charge in [0.15, 0.2) is 0 Å².